The number of hydrogen-bond acceptors (Lipinski definition) is 5. The number of piperidine rings is 1. The molecule has 1 aliphatic heterocycles. The molecule has 6 nitrogen and oxygen atoms in total. The van der Waals surface area contributed by atoms with Crippen LogP contribution in [0.25, 0.3) is 0 Å². The summed E-state index contributed by atoms with van der Waals surface area (Å²) >= 11 is 0. The lowest BCUT2D eigenvalue weighted by molar-refractivity contribution is 0.0988. The van der Waals surface area contributed by atoms with Gasteiger partial charge in [0.15, 0.2) is 5.78 Å². The zero-order chi connectivity index (χ0) is 23.3. The van der Waals surface area contributed by atoms with E-state index < -0.39 is 10.0 Å². The van der Waals surface area contributed by atoms with E-state index in [0.29, 0.717) is 31.1 Å². The maximum Gasteiger partial charge on any atom is 0.243 e. The highest BCUT2D eigenvalue weighted by molar-refractivity contribution is 7.89. The van der Waals surface area contributed by atoms with Crippen LogP contribution < -0.4 is 5.32 Å². The Hall–Kier alpha value is -2.06. The number of Topliss-reactive ketones (excluding diaryl/α,β-unsaturated/α-hetero) is 1. The molecule has 1 saturated heterocycles. The molecule has 32 heavy (non-hydrogen) atoms. The van der Waals surface area contributed by atoms with Crippen molar-refractivity contribution in [1.29, 1.82) is 0 Å². The molecule has 3 rings (SSSR count). The van der Waals surface area contributed by atoms with E-state index in [2.05, 4.69) is 48.3 Å². The van der Waals surface area contributed by atoms with Crippen molar-refractivity contribution < 1.29 is 13.2 Å². The van der Waals surface area contributed by atoms with Crippen molar-refractivity contribution in [2.24, 2.45) is 5.92 Å². The van der Waals surface area contributed by atoms with Gasteiger partial charge >= 0.3 is 0 Å². The van der Waals surface area contributed by atoms with Gasteiger partial charge in [0.25, 0.3) is 0 Å². The molecule has 1 N–H and O–H groups in total. The number of aryl methyl sites for hydroxylation is 1. The van der Waals surface area contributed by atoms with Gasteiger partial charge in [-0.3, -0.25) is 4.79 Å². The van der Waals surface area contributed by atoms with Crippen LogP contribution in [0.15, 0.2) is 53.4 Å². The predicted octanol–water partition coefficient (Wildman–Crippen LogP) is 3.49. The van der Waals surface area contributed by atoms with Crippen molar-refractivity contribution in [3.63, 3.8) is 0 Å². The standard InChI is InChI=1S/C25H35N3O3S/c1-19-8-10-21(11-9-19)24(27(3)4)17-26-18-25(29)22-6-5-7-23(16-22)32(30,31)28-14-12-20(2)13-15-28/h5-11,16,20,24,26H,12-15,17-18H2,1-4H3. The second-order valence-corrected chi connectivity index (χ2v) is 11.0. The zero-order valence-corrected chi connectivity index (χ0v) is 20.4. The summed E-state index contributed by atoms with van der Waals surface area (Å²) < 4.78 is 27.6. The summed E-state index contributed by atoms with van der Waals surface area (Å²) in [4.78, 5) is 15.1. The molecule has 0 aromatic heterocycles. The Kier molecular flexibility index (Phi) is 8.22. The van der Waals surface area contributed by atoms with Gasteiger partial charge in [0.05, 0.1) is 11.4 Å². The van der Waals surface area contributed by atoms with Crippen molar-refractivity contribution in [3.05, 3.63) is 65.2 Å². The van der Waals surface area contributed by atoms with Crippen LogP contribution in [0, 0.1) is 12.8 Å². The molecule has 2 aromatic carbocycles. The Morgan fingerprint density at radius 3 is 2.41 bits per heavy atom. The molecule has 0 spiro atoms. The third-order valence-electron chi connectivity index (χ3n) is 6.25. The molecule has 0 aliphatic carbocycles. The molecule has 1 atom stereocenters. The molecule has 0 amide bonds. The number of carbonyl (C=O) groups excluding carboxylic acids is 1. The first-order chi connectivity index (χ1) is 15.2. The summed E-state index contributed by atoms with van der Waals surface area (Å²) in [6, 6.07) is 15.0. The number of sulfonamides is 1. The summed E-state index contributed by atoms with van der Waals surface area (Å²) in [5.41, 5.74) is 2.81. The van der Waals surface area contributed by atoms with Gasteiger partial charge in [0.1, 0.15) is 0 Å². The average molecular weight is 458 g/mol. The van der Waals surface area contributed by atoms with Crippen molar-refractivity contribution in [2.45, 2.75) is 37.6 Å². The molecular weight excluding hydrogens is 422 g/mol. The van der Waals surface area contributed by atoms with E-state index in [-0.39, 0.29) is 23.3 Å². The third-order valence-corrected chi connectivity index (χ3v) is 8.14. The Labute approximate surface area is 192 Å². The molecule has 0 radical (unpaired) electrons. The van der Waals surface area contributed by atoms with Crippen LogP contribution >= 0.6 is 0 Å². The van der Waals surface area contributed by atoms with Gasteiger partial charge in [-0.25, -0.2) is 8.42 Å². The molecule has 1 heterocycles. The van der Waals surface area contributed by atoms with E-state index in [4.69, 9.17) is 0 Å². The lowest BCUT2D eigenvalue weighted by Gasteiger charge is -2.29. The first kappa shape index (κ1) is 24.6. The van der Waals surface area contributed by atoms with Gasteiger partial charge in [-0.2, -0.15) is 4.31 Å². The van der Waals surface area contributed by atoms with Gasteiger partial charge in [-0.15, -0.1) is 0 Å². The fourth-order valence-corrected chi connectivity index (χ4v) is 5.53. The molecular formula is C25H35N3O3S. The molecule has 0 saturated carbocycles. The average Bonchev–Trinajstić information content (AvgIpc) is 2.77. The van der Waals surface area contributed by atoms with E-state index >= 15 is 0 Å². The number of nitrogens with zero attached hydrogens (tertiary/aromatic N) is 2. The molecule has 7 heteroatoms. The lowest BCUT2D eigenvalue weighted by atomic mass is 10.0. The van der Waals surface area contributed by atoms with Crippen LogP contribution in [0.2, 0.25) is 0 Å². The summed E-state index contributed by atoms with van der Waals surface area (Å²) in [7, 11) is 0.463. The molecule has 2 aromatic rings. The van der Waals surface area contributed by atoms with Crippen molar-refractivity contribution in [1.82, 2.24) is 14.5 Å². The highest BCUT2D eigenvalue weighted by atomic mass is 32.2. The molecule has 1 unspecified atom stereocenters. The summed E-state index contributed by atoms with van der Waals surface area (Å²) in [5, 5.41) is 3.25. The van der Waals surface area contributed by atoms with E-state index in [1.165, 1.54) is 21.5 Å². The Bertz CT molecular complexity index is 1010. The number of ketones is 1. The normalized spacial score (nSPS) is 16.9. The minimum absolute atomic E-state index is 0.115. The lowest BCUT2D eigenvalue weighted by Crippen LogP contribution is -2.38. The van der Waals surface area contributed by atoms with E-state index in [0.717, 1.165) is 12.8 Å². The topological polar surface area (TPSA) is 69.7 Å². The van der Waals surface area contributed by atoms with Crippen molar-refractivity contribution >= 4 is 15.8 Å². The number of nitrogens with one attached hydrogen (secondary N) is 1. The first-order valence-electron chi connectivity index (χ1n) is 11.3. The fourth-order valence-electron chi connectivity index (χ4n) is 4.02. The summed E-state index contributed by atoms with van der Waals surface area (Å²) in [6.45, 7) is 6.05. The number of hydrogen-bond donors (Lipinski definition) is 1. The highest BCUT2D eigenvalue weighted by Gasteiger charge is 2.28. The Morgan fingerprint density at radius 1 is 1.12 bits per heavy atom. The van der Waals surface area contributed by atoms with Gasteiger partial charge in [0.2, 0.25) is 10.0 Å². The van der Waals surface area contributed by atoms with Crippen LogP contribution in [0.3, 0.4) is 0 Å². The smallest absolute Gasteiger partial charge is 0.243 e. The number of carbonyl (C=O) groups is 1. The van der Waals surface area contributed by atoms with Crippen LogP contribution in [-0.4, -0.2) is 63.7 Å². The zero-order valence-electron chi connectivity index (χ0n) is 19.5. The molecule has 174 valence electrons. The van der Waals surface area contributed by atoms with E-state index in [1.54, 1.807) is 18.2 Å². The van der Waals surface area contributed by atoms with Crippen LogP contribution in [-0.2, 0) is 10.0 Å². The fraction of sp³-hybridized carbons (Fsp3) is 0.480. The second-order valence-electron chi connectivity index (χ2n) is 9.06. The van der Waals surface area contributed by atoms with Crippen molar-refractivity contribution in [3.8, 4) is 0 Å². The first-order valence-corrected chi connectivity index (χ1v) is 12.7. The van der Waals surface area contributed by atoms with Crippen LogP contribution in [0.1, 0.15) is 47.3 Å². The number of rotatable bonds is 9. The summed E-state index contributed by atoms with van der Waals surface area (Å²) in [5.74, 6) is 0.432. The van der Waals surface area contributed by atoms with Gasteiger partial charge in [0, 0.05) is 31.2 Å². The quantitative estimate of drug-likeness (QED) is 0.584. The largest absolute Gasteiger partial charge is 0.308 e. The van der Waals surface area contributed by atoms with Gasteiger partial charge < -0.3 is 10.2 Å². The summed E-state index contributed by atoms with van der Waals surface area (Å²) in [6.07, 6.45) is 1.74. The minimum Gasteiger partial charge on any atom is -0.308 e. The Morgan fingerprint density at radius 2 is 1.78 bits per heavy atom. The predicted molar refractivity (Wildman–Crippen MR) is 128 cm³/mol. The molecule has 1 aliphatic rings. The second kappa shape index (κ2) is 10.7. The third kappa shape index (κ3) is 6.04. The van der Waals surface area contributed by atoms with Crippen molar-refractivity contribution in [2.75, 3.05) is 40.3 Å². The van der Waals surface area contributed by atoms with E-state index in [9.17, 15) is 13.2 Å². The maximum atomic E-state index is 13.0. The van der Waals surface area contributed by atoms with Gasteiger partial charge in [-0.1, -0.05) is 48.9 Å². The molecule has 0 bridgehead atoms. The van der Waals surface area contributed by atoms with Crippen LogP contribution in [0.5, 0.6) is 0 Å². The maximum absolute atomic E-state index is 13.0. The van der Waals surface area contributed by atoms with Gasteiger partial charge in [-0.05, 0) is 57.5 Å². The SMILES string of the molecule is Cc1ccc(C(CNCC(=O)c2cccc(S(=O)(=O)N3CCC(C)CC3)c2)N(C)C)cc1. The Balaban J connectivity index is 1.63. The number of benzene rings is 2. The number of likely N-dealkylation sites (N-methyl/N-ethyl adjacent to an activating group) is 1. The monoisotopic (exact) mass is 457 g/mol. The highest BCUT2D eigenvalue weighted by Crippen LogP contribution is 2.24. The molecule has 1 fully saturated rings. The minimum atomic E-state index is -3.57. The van der Waals surface area contributed by atoms with E-state index in [1.807, 2.05) is 14.1 Å². The van der Waals surface area contributed by atoms with Crippen LogP contribution in [0.4, 0.5) is 0 Å².